The van der Waals surface area contributed by atoms with Crippen LogP contribution in [-0.2, 0) is 0 Å². The number of carbonyl (C=O) groups is 1. The number of methoxy groups -OCH3 is 1. The molecule has 0 radical (unpaired) electrons. The van der Waals surface area contributed by atoms with Crippen LogP contribution in [-0.4, -0.2) is 24.0 Å². The Morgan fingerprint density at radius 1 is 1.42 bits per heavy atom. The van der Waals surface area contributed by atoms with E-state index in [9.17, 15) is 4.79 Å². The molecule has 1 atom stereocenters. The van der Waals surface area contributed by atoms with Gasteiger partial charge in [0.25, 0.3) is 5.91 Å². The third-order valence-corrected chi connectivity index (χ3v) is 3.11. The summed E-state index contributed by atoms with van der Waals surface area (Å²) in [7, 11) is 1.54. The van der Waals surface area contributed by atoms with Gasteiger partial charge in [0, 0.05) is 0 Å². The average Bonchev–Trinajstić information content (AvgIpc) is 2.34. The number of thiocarbonyl (C=S) groups is 1. The lowest BCUT2D eigenvalue weighted by Gasteiger charge is -2.21. The Morgan fingerprint density at radius 2 is 2.05 bits per heavy atom. The van der Waals surface area contributed by atoms with E-state index in [-0.39, 0.29) is 22.9 Å². The third kappa shape index (κ3) is 3.92. The van der Waals surface area contributed by atoms with E-state index in [0.717, 1.165) is 5.56 Å². The average molecular weight is 280 g/mol. The molecule has 19 heavy (non-hydrogen) atoms. The Kier molecular flexibility index (Phi) is 5.30. The lowest BCUT2D eigenvalue weighted by atomic mass is 10.0. The Labute approximate surface area is 119 Å². The van der Waals surface area contributed by atoms with Gasteiger partial charge in [-0.25, -0.2) is 0 Å². The standard InChI is InChI=1S/C14H20N2O2S/c1-8(2)12(13(15)19)16-14(17)10-7-9(3)5-6-11(10)18-4/h5-8,12H,1-4H3,(H2,15,19)(H,16,17). The summed E-state index contributed by atoms with van der Waals surface area (Å²) in [5.41, 5.74) is 7.13. The minimum absolute atomic E-state index is 0.136. The van der Waals surface area contributed by atoms with E-state index in [1.807, 2.05) is 26.8 Å². The van der Waals surface area contributed by atoms with Crippen LogP contribution >= 0.6 is 12.2 Å². The van der Waals surface area contributed by atoms with Gasteiger partial charge in [0.15, 0.2) is 0 Å². The highest BCUT2D eigenvalue weighted by molar-refractivity contribution is 7.80. The van der Waals surface area contributed by atoms with Crippen molar-refractivity contribution in [1.82, 2.24) is 5.32 Å². The van der Waals surface area contributed by atoms with Gasteiger partial charge in [-0.3, -0.25) is 4.79 Å². The van der Waals surface area contributed by atoms with Crippen molar-refractivity contribution in [3.05, 3.63) is 29.3 Å². The molecular formula is C14H20N2O2S. The van der Waals surface area contributed by atoms with Crippen molar-refractivity contribution in [3.8, 4) is 5.75 Å². The lowest BCUT2D eigenvalue weighted by Crippen LogP contribution is -2.46. The molecule has 0 fully saturated rings. The number of benzene rings is 1. The number of nitrogens with one attached hydrogen (secondary N) is 1. The van der Waals surface area contributed by atoms with Crippen LogP contribution < -0.4 is 15.8 Å². The summed E-state index contributed by atoms with van der Waals surface area (Å²) in [5, 5.41) is 2.85. The van der Waals surface area contributed by atoms with E-state index < -0.39 is 0 Å². The van der Waals surface area contributed by atoms with Crippen molar-refractivity contribution < 1.29 is 9.53 Å². The molecule has 0 spiro atoms. The molecule has 0 aliphatic heterocycles. The molecule has 1 unspecified atom stereocenters. The van der Waals surface area contributed by atoms with Gasteiger partial charge >= 0.3 is 0 Å². The maximum atomic E-state index is 12.3. The summed E-state index contributed by atoms with van der Waals surface area (Å²) in [6.45, 7) is 5.83. The molecular weight excluding hydrogens is 260 g/mol. The minimum atomic E-state index is -0.326. The van der Waals surface area contributed by atoms with Gasteiger partial charge < -0.3 is 15.8 Å². The number of aryl methyl sites for hydroxylation is 1. The third-order valence-electron chi connectivity index (χ3n) is 2.86. The maximum absolute atomic E-state index is 12.3. The fourth-order valence-corrected chi connectivity index (χ4v) is 2.12. The van der Waals surface area contributed by atoms with Crippen LogP contribution in [0.25, 0.3) is 0 Å². The highest BCUT2D eigenvalue weighted by atomic mass is 32.1. The fraction of sp³-hybridized carbons (Fsp3) is 0.429. The molecule has 0 saturated heterocycles. The molecule has 5 heteroatoms. The van der Waals surface area contributed by atoms with Gasteiger partial charge in [0.2, 0.25) is 0 Å². The summed E-state index contributed by atoms with van der Waals surface area (Å²) in [4.78, 5) is 12.6. The molecule has 0 aliphatic rings. The number of ether oxygens (including phenoxy) is 1. The van der Waals surface area contributed by atoms with E-state index in [1.54, 1.807) is 12.1 Å². The van der Waals surface area contributed by atoms with Gasteiger partial charge in [-0.15, -0.1) is 0 Å². The Bertz CT molecular complexity index is 486. The summed E-state index contributed by atoms with van der Waals surface area (Å²) < 4.78 is 5.20. The predicted molar refractivity (Wildman–Crippen MR) is 80.6 cm³/mol. The lowest BCUT2D eigenvalue weighted by molar-refractivity contribution is 0.0936. The highest BCUT2D eigenvalue weighted by Crippen LogP contribution is 2.20. The van der Waals surface area contributed by atoms with Crippen LogP contribution in [0, 0.1) is 12.8 Å². The second-order valence-electron chi connectivity index (χ2n) is 4.80. The van der Waals surface area contributed by atoms with Crippen molar-refractivity contribution in [2.45, 2.75) is 26.8 Å². The predicted octanol–water partition coefficient (Wildman–Crippen LogP) is 2.04. The molecule has 0 aromatic heterocycles. The van der Waals surface area contributed by atoms with Crippen LogP contribution in [0.5, 0.6) is 5.75 Å². The number of carbonyl (C=O) groups excluding carboxylic acids is 1. The molecule has 0 heterocycles. The Balaban J connectivity index is 3.00. The first-order valence-electron chi connectivity index (χ1n) is 6.11. The zero-order valence-corrected chi connectivity index (χ0v) is 12.5. The summed E-state index contributed by atoms with van der Waals surface area (Å²) >= 11 is 4.98. The molecule has 0 saturated carbocycles. The smallest absolute Gasteiger partial charge is 0.255 e. The quantitative estimate of drug-likeness (QED) is 0.810. The number of rotatable bonds is 5. The summed E-state index contributed by atoms with van der Waals surface area (Å²) in [6.07, 6.45) is 0. The molecule has 0 bridgehead atoms. The molecule has 3 N–H and O–H groups in total. The first-order valence-corrected chi connectivity index (χ1v) is 6.52. The van der Waals surface area contributed by atoms with Gasteiger partial charge in [-0.2, -0.15) is 0 Å². The normalized spacial score (nSPS) is 12.1. The van der Waals surface area contributed by atoms with Crippen LogP contribution in [0.2, 0.25) is 0 Å². The second-order valence-corrected chi connectivity index (χ2v) is 5.27. The number of hydrogen-bond acceptors (Lipinski definition) is 3. The second kappa shape index (κ2) is 6.52. The zero-order chi connectivity index (χ0) is 14.6. The van der Waals surface area contributed by atoms with E-state index in [0.29, 0.717) is 11.3 Å². The molecule has 1 aromatic carbocycles. The highest BCUT2D eigenvalue weighted by Gasteiger charge is 2.21. The van der Waals surface area contributed by atoms with Crippen LogP contribution in [0.4, 0.5) is 0 Å². The molecule has 104 valence electrons. The maximum Gasteiger partial charge on any atom is 0.255 e. The fourth-order valence-electron chi connectivity index (χ4n) is 1.78. The first-order chi connectivity index (χ1) is 8.86. The molecule has 1 rings (SSSR count). The van der Waals surface area contributed by atoms with Crippen LogP contribution in [0.15, 0.2) is 18.2 Å². The molecule has 0 aliphatic carbocycles. The van der Waals surface area contributed by atoms with E-state index in [1.165, 1.54) is 7.11 Å². The first kappa shape index (κ1) is 15.4. The largest absolute Gasteiger partial charge is 0.496 e. The Hall–Kier alpha value is -1.62. The monoisotopic (exact) mass is 280 g/mol. The topological polar surface area (TPSA) is 64.3 Å². The summed E-state index contributed by atoms with van der Waals surface area (Å²) in [6, 6.07) is 5.12. The van der Waals surface area contributed by atoms with Crippen molar-refractivity contribution in [2.24, 2.45) is 11.7 Å². The van der Waals surface area contributed by atoms with E-state index >= 15 is 0 Å². The van der Waals surface area contributed by atoms with Crippen molar-refractivity contribution in [2.75, 3.05) is 7.11 Å². The van der Waals surface area contributed by atoms with Gasteiger partial charge in [0.1, 0.15) is 5.75 Å². The summed E-state index contributed by atoms with van der Waals surface area (Å²) in [5.74, 6) is 0.442. The molecule has 1 amide bonds. The SMILES string of the molecule is COc1ccc(C)cc1C(=O)NC(C(N)=S)C(C)C. The molecule has 4 nitrogen and oxygen atoms in total. The van der Waals surface area contributed by atoms with Gasteiger partial charge in [0.05, 0.1) is 23.7 Å². The van der Waals surface area contributed by atoms with Gasteiger partial charge in [-0.1, -0.05) is 37.7 Å². The van der Waals surface area contributed by atoms with Gasteiger partial charge in [-0.05, 0) is 25.0 Å². The van der Waals surface area contributed by atoms with E-state index in [2.05, 4.69) is 5.32 Å². The number of amides is 1. The Morgan fingerprint density at radius 3 is 2.53 bits per heavy atom. The van der Waals surface area contributed by atoms with Crippen molar-refractivity contribution >= 4 is 23.1 Å². The van der Waals surface area contributed by atoms with E-state index in [4.69, 9.17) is 22.7 Å². The van der Waals surface area contributed by atoms with Crippen LogP contribution in [0.3, 0.4) is 0 Å². The molecule has 1 aromatic rings. The van der Waals surface area contributed by atoms with Crippen LogP contribution in [0.1, 0.15) is 29.8 Å². The number of hydrogen-bond donors (Lipinski definition) is 2. The number of nitrogens with two attached hydrogens (primary N) is 1. The minimum Gasteiger partial charge on any atom is -0.496 e. The van der Waals surface area contributed by atoms with Crippen molar-refractivity contribution in [3.63, 3.8) is 0 Å². The van der Waals surface area contributed by atoms with Crippen molar-refractivity contribution in [1.29, 1.82) is 0 Å². The zero-order valence-electron chi connectivity index (χ0n) is 11.7.